The summed E-state index contributed by atoms with van der Waals surface area (Å²) in [5.74, 6) is -0.744. The Morgan fingerprint density at radius 2 is 2.05 bits per heavy atom. The molecule has 0 bridgehead atoms. The average Bonchev–Trinajstić information content (AvgIpc) is 2.75. The fourth-order valence-corrected chi connectivity index (χ4v) is 3.16. The number of carboxylic acid groups (broad SMARTS) is 1. The zero-order valence-corrected chi connectivity index (χ0v) is 12.6. The van der Waals surface area contributed by atoms with E-state index in [1.165, 1.54) is 0 Å². The Morgan fingerprint density at radius 3 is 2.53 bits per heavy atom. The number of hydrogen-bond donors (Lipinski definition) is 3. The van der Waals surface area contributed by atoms with Gasteiger partial charge in [-0.05, 0) is 37.9 Å². The third kappa shape index (κ3) is 5.72. The topological polar surface area (TPSA) is 78.4 Å². The van der Waals surface area contributed by atoms with Crippen LogP contribution in [0.1, 0.15) is 39.5 Å². The van der Waals surface area contributed by atoms with Crippen molar-refractivity contribution in [3.63, 3.8) is 0 Å². The Balaban J connectivity index is 2.38. The van der Waals surface area contributed by atoms with E-state index >= 15 is 0 Å². The van der Waals surface area contributed by atoms with Gasteiger partial charge in [0.2, 0.25) is 0 Å². The number of thioether (sulfide) groups is 1. The highest BCUT2D eigenvalue weighted by Crippen LogP contribution is 2.27. The summed E-state index contributed by atoms with van der Waals surface area (Å²) in [6, 6.07) is -0.997. The number of urea groups is 1. The van der Waals surface area contributed by atoms with E-state index in [0.29, 0.717) is 11.7 Å². The van der Waals surface area contributed by atoms with E-state index in [9.17, 15) is 9.59 Å². The molecule has 0 aliphatic heterocycles. The number of aliphatic carboxylic acids is 1. The molecule has 2 unspecified atom stereocenters. The molecule has 0 radical (unpaired) electrons. The summed E-state index contributed by atoms with van der Waals surface area (Å²) in [6.45, 7) is 3.88. The quantitative estimate of drug-likeness (QED) is 0.699. The Bertz CT molecular complexity index is 323. The lowest BCUT2D eigenvalue weighted by molar-refractivity contribution is -0.139. The van der Waals surface area contributed by atoms with Gasteiger partial charge in [0.05, 0.1) is 0 Å². The van der Waals surface area contributed by atoms with E-state index in [4.69, 9.17) is 5.11 Å². The molecule has 5 nitrogen and oxygen atoms in total. The van der Waals surface area contributed by atoms with Crippen molar-refractivity contribution in [3.05, 3.63) is 0 Å². The van der Waals surface area contributed by atoms with Crippen molar-refractivity contribution in [1.29, 1.82) is 0 Å². The molecule has 1 aliphatic carbocycles. The van der Waals surface area contributed by atoms with Crippen molar-refractivity contribution in [2.24, 2.45) is 5.92 Å². The Labute approximate surface area is 118 Å². The second kappa shape index (κ2) is 7.62. The minimum absolute atomic E-state index is 0.172. The summed E-state index contributed by atoms with van der Waals surface area (Å²) in [5, 5.41) is 15.1. The SMILES string of the molecule is CSC1CCC(NC(=O)N[C@@H](CC(C)C)C(=O)O)C1. The molecule has 3 N–H and O–H groups in total. The molecule has 0 aromatic rings. The van der Waals surface area contributed by atoms with E-state index < -0.39 is 12.0 Å². The molecule has 110 valence electrons. The highest BCUT2D eigenvalue weighted by atomic mass is 32.2. The van der Waals surface area contributed by atoms with Crippen LogP contribution in [-0.4, -0.2) is 40.7 Å². The number of carbonyl (C=O) groups is 2. The number of carbonyl (C=O) groups excluding carboxylic acids is 1. The van der Waals surface area contributed by atoms with Crippen molar-refractivity contribution in [2.45, 2.75) is 56.9 Å². The van der Waals surface area contributed by atoms with Crippen LogP contribution in [0.2, 0.25) is 0 Å². The minimum Gasteiger partial charge on any atom is -0.480 e. The normalized spacial score (nSPS) is 24.2. The highest BCUT2D eigenvalue weighted by Gasteiger charge is 2.27. The van der Waals surface area contributed by atoms with Crippen LogP contribution in [0.4, 0.5) is 4.79 Å². The minimum atomic E-state index is -0.975. The van der Waals surface area contributed by atoms with Gasteiger partial charge >= 0.3 is 12.0 Å². The number of hydrogen-bond acceptors (Lipinski definition) is 3. The predicted molar refractivity (Wildman–Crippen MR) is 77.5 cm³/mol. The highest BCUT2D eigenvalue weighted by molar-refractivity contribution is 7.99. The van der Waals surface area contributed by atoms with Crippen molar-refractivity contribution in [3.8, 4) is 0 Å². The van der Waals surface area contributed by atoms with Crippen molar-refractivity contribution in [2.75, 3.05) is 6.26 Å². The maximum atomic E-state index is 11.8. The van der Waals surface area contributed by atoms with Crippen LogP contribution in [0.25, 0.3) is 0 Å². The van der Waals surface area contributed by atoms with Gasteiger partial charge in [-0.25, -0.2) is 9.59 Å². The molecule has 19 heavy (non-hydrogen) atoms. The van der Waals surface area contributed by atoms with E-state index in [-0.39, 0.29) is 18.0 Å². The molecule has 1 saturated carbocycles. The first kappa shape index (κ1) is 16.1. The van der Waals surface area contributed by atoms with E-state index in [0.717, 1.165) is 19.3 Å². The number of nitrogens with one attached hydrogen (secondary N) is 2. The maximum Gasteiger partial charge on any atom is 0.326 e. The molecule has 1 aliphatic rings. The largest absolute Gasteiger partial charge is 0.480 e. The molecule has 6 heteroatoms. The molecular formula is C13H24N2O3S. The van der Waals surface area contributed by atoms with Crippen molar-refractivity contribution < 1.29 is 14.7 Å². The lowest BCUT2D eigenvalue weighted by atomic mass is 10.0. The van der Waals surface area contributed by atoms with Crippen LogP contribution in [-0.2, 0) is 4.79 Å². The molecule has 1 rings (SSSR count). The van der Waals surface area contributed by atoms with Gasteiger partial charge in [0, 0.05) is 11.3 Å². The molecule has 2 amide bonds. The van der Waals surface area contributed by atoms with Crippen LogP contribution in [0, 0.1) is 5.92 Å². The number of carboxylic acids is 1. The molecule has 0 aromatic carbocycles. The fourth-order valence-electron chi connectivity index (χ4n) is 2.36. The van der Waals surface area contributed by atoms with Gasteiger partial charge in [0.25, 0.3) is 0 Å². The summed E-state index contributed by atoms with van der Waals surface area (Å²) < 4.78 is 0. The van der Waals surface area contributed by atoms with Crippen LogP contribution in [0.15, 0.2) is 0 Å². The van der Waals surface area contributed by atoms with Crippen molar-refractivity contribution >= 4 is 23.8 Å². The molecule has 0 aromatic heterocycles. The van der Waals surface area contributed by atoms with Gasteiger partial charge in [0.1, 0.15) is 6.04 Å². The van der Waals surface area contributed by atoms with Crippen LogP contribution in [0.3, 0.4) is 0 Å². The molecule has 0 saturated heterocycles. The first-order valence-electron chi connectivity index (χ1n) is 6.75. The van der Waals surface area contributed by atoms with Crippen LogP contribution < -0.4 is 10.6 Å². The fraction of sp³-hybridized carbons (Fsp3) is 0.846. The van der Waals surface area contributed by atoms with Gasteiger partial charge in [-0.2, -0.15) is 11.8 Å². The zero-order chi connectivity index (χ0) is 14.4. The lowest BCUT2D eigenvalue weighted by Crippen LogP contribution is -2.49. The summed E-state index contributed by atoms with van der Waals surface area (Å²) in [4.78, 5) is 22.9. The first-order valence-corrected chi connectivity index (χ1v) is 8.03. The molecule has 0 heterocycles. The average molecular weight is 288 g/mol. The Hall–Kier alpha value is -0.910. The summed E-state index contributed by atoms with van der Waals surface area (Å²) >= 11 is 1.82. The third-order valence-corrected chi connectivity index (χ3v) is 4.46. The monoisotopic (exact) mass is 288 g/mol. The first-order chi connectivity index (χ1) is 8.92. The van der Waals surface area contributed by atoms with E-state index in [1.54, 1.807) is 0 Å². The van der Waals surface area contributed by atoms with Gasteiger partial charge in [-0.15, -0.1) is 0 Å². The lowest BCUT2D eigenvalue weighted by Gasteiger charge is -2.19. The molecular weight excluding hydrogens is 264 g/mol. The second-order valence-corrected chi connectivity index (χ2v) is 6.64. The third-order valence-electron chi connectivity index (χ3n) is 3.36. The summed E-state index contributed by atoms with van der Waals surface area (Å²) in [7, 11) is 0. The zero-order valence-electron chi connectivity index (χ0n) is 11.8. The van der Waals surface area contributed by atoms with Crippen LogP contribution >= 0.6 is 11.8 Å². The van der Waals surface area contributed by atoms with Crippen molar-refractivity contribution in [1.82, 2.24) is 10.6 Å². The van der Waals surface area contributed by atoms with Crippen LogP contribution in [0.5, 0.6) is 0 Å². The number of rotatable bonds is 6. The Morgan fingerprint density at radius 1 is 1.37 bits per heavy atom. The van der Waals surface area contributed by atoms with Gasteiger partial charge in [-0.1, -0.05) is 13.8 Å². The van der Waals surface area contributed by atoms with Gasteiger partial charge in [-0.3, -0.25) is 0 Å². The smallest absolute Gasteiger partial charge is 0.326 e. The molecule has 3 atom stereocenters. The Kier molecular flexibility index (Phi) is 6.48. The second-order valence-electron chi connectivity index (χ2n) is 5.51. The van der Waals surface area contributed by atoms with E-state index in [1.807, 2.05) is 25.6 Å². The molecule has 0 spiro atoms. The molecule has 1 fully saturated rings. The van der Waals surface area contributed by atoms with Gasteiger partial charge in [0.15, 0.2) is 0 Å². The number of amides is 2. The van der Waals surface area contributed by atoms with Gasteiger partial charge < -0.3 is 15.7 Å². The summed E-state index contributed by atoms with van der Waals surface area (Å²) in [6.07, 6.45) is 5.58. The van der Waals surface area contributed by atoms with E-state index in [2.05, 4.69) is 16.9 Å². The standard InChI is InChI=1S/C13H24N2O3S/c1-8(2)6-11(12(16)17)15-13(18)14-9-4-5-10(7-9)19-3/h8-11H,4-7H2,1-3H3,(H,16,17)(H2,14,15,18)/t9?,10?,11-/m0/s1. The summed E-state index contributed by atoms with van der Waals surface area (Å²) in [5.41, 5.74) is 0. The maximum absolute atomic E-state index is 11.8. The predicted octanol–water partition coefficient (Wildman–Crippen LogP) is 2.07.